The fourth-order valence-electron chi connectivity index (χ4n) is 3.25. The second-order valence-electron chi connectivity index (χ2n) is 6.33. The number of rotatable bonds is 4. The van der Waals surface area contributed by atoms with Crippen molar-refractivity contribution >= 4 is 16.8 Å². The summed E-state index contributed by atoms with van der Waals surface area (Å²) in [6, 6.07) is 19.0. The minimum absolute atomic E-state index is 0.00828. The third-order valence-electron chi connectivity index (χ3n) is 4.67. The maximum atomic E-state index is 13.3. The molecule has 0 N–H and O–H groups in total. The molecule has 4 nitrogen and oxygen atoms in total. The number of nitrogens with zero attached hydrogens (tertiary/aromatic N) is 3. The monoisotopic (exact) mass is 343 g/mol. The van der Waals surface area contributed by atoms with Crippen molar-refractivity contribution in [3.05, 3.63) is 77.0 Å². The van der Waals surface area contributed by atoms with Crippen LogP contribution in [0.25, 0.3) is 10.9 Å². The highest BCUT2D eigenvalue weighted by Gasteiger charge is 2.23. The number of carbonyl (C=O) groups is 1. The molecule has 0 bridgehead atoms. The summed E-state index contributed by atoms with van der Waals surface area (Å²) in [7, 11) is 0. The van der Waals surface area contributed by atoms with E-state index >= 15 is 0 Å². The molecule has 0 aliphatic rings. The number of hydrogen-bond donors (Lipinski definition) is 0. The number of benzene rings is 2. The van der Waals surface area contributed by atoms with E-state index in [1.807, 2.05) is 68.1 Å². The van der Waals surface area contributed by atoms with Crippen molar-refractivity contribution in [1.29, 1.82) is 5.26 Å². The summed E-state index contributed by atoms with van der Waals surface area (Å²) in [6.07, 6.45) is 0. The molecule has 3 aromatic rings. The van der Waals surface area contributed by atoms with Gasteiger partial charge in [-0.05, 0) is 50.6 Å². The van der Waals surface area contributed by atoms with E-state index in [2.05, 4.69) is 11.1 Å². The number of nitriles is 1. The van der Waals surface area contributed by atoms with E-state index < -0.39 is 0 Å². The Balaban J connectivity index is 2.00. The standard InChI is InChI=1S/C22H21N3O/c1-4-25(16(3)18-11-9-17(14-23)10-12-18)22(26)20-13-15(2)24-21-8-6-5-7-19(20)21/h5-13,16H,4H2,1-3H3. The van der Waals surface area contributed by atoms with Gasteiger partial charge < -0.3 is 4.90 Å². The number of aromatic nitrogens is 1. The molecule has 0 spiro atoms. The Kier molecular flexibility index (Phi) is 4.99. The van der Waals surface area contributed by atoms with Crippen molar-refractivity contribution in [1.82, 2.24) is 9.88 Å². The SMILES string of the molecule is CCN(C(=O)c1cc(C)nc2ccccc12)C(C)c1ccc(C#N)cc1. The van der Waals surface area contributed by atoms with Crippen LogP contribution in [0.15, 0.2) is 54.6 Å². The molecule has 0 aliphatic heterocycles. The van der Waals surface area contributed by atoms with Crippen LogP contribution in [-0.4, -0.2) is 22.3 Å². The van der Waals surface area contributed by atoms with Crippen LogP contribution >= 0.6 is 0 Å². The molecule has 0 saturated carbocycles. The fraction of sp³-hybridized carbons (Fsp3) is 0.227. The maximum Gasteiger partial charge on any atom is 0.255 e. The highest BCUT2D eigenvalue weighted by Crippen LogP contribution is 2.26. The normalized spacial score (nSPS) is 11.8. The molecule has 1 aromatic heterocycles. The third kappa shape index (κ3) is 3.29. The summed E-state index contributed by atoms with van der Waals surface area (Å²) < 4.78 is 0. The van der Waals surface area contributed by atoms with Gasteiger partial charge in [-0.2, -0.15) is 5.26 Å². The van der Waals surface area contributed by atoms with Crippen LogP contribution in [0.2, 0.25) is 0 Å². The van der Waals surface area contributed by atoms with E-state index in [0.717, 1.165) is 22.2 Å². The molecule has 4 heteroatoms. The molecule has 3 rings (SSSR count). The Bertz CT molecular complexity index is 986. The van der Waals surface area contributed by atoms with Crippen LogP contribution in [-0.2, 0) is 0 Å². The van der Waals surface area contributed by atoms with E-state index in [0.29, 0.717) is 17.7 Å². The average Bonchev–Trinajstić information content (AvgIpc) is 2.67. The van der Waals surface area contributed by atoms with Crippen LogP contribution in [0.5, 0.6) is 0 Å². The summed E-state index contributed by atoms with van der Waals surface area (Å²) >= 11 is 0. The smallest absolute Gasteiger partial charge is 0.255 e. The Labute approximate surface area is 153 Å². The Hall–Kier alpha value is -3.19. The predicted molar refractivity (Wildman–Crippen MR) is 103 cm³/mol. The molecule has 2 aromatic carbocycles. The van der Waals surface area contributed by atoms with Crippen LogP contribution in [0.3, 0.4) is 0 Å². The lowest BCUT2D eigenvalue weighted by molar-refractivity contribution is 0.0704. The highest BCUT2D eigenvalue weighted by atomic mass is 16.2. The number of fused-ring (bicyclic) bond motifs is 1. The Morgan fingerprint density at radius 3 is 2.54 bits per heavy atom. The molecule has 0 fully saturated rings. The molecule has 0 saturated heterocycles. The van der Waals surface area contributed by atoms with Gasteiger partial charge in [0.05, 0.1) is 28.8 Å². The fourth-order valence-corrected chi connectivity index (χ4v) is 3.25. The molecule has 1 unspecified atom stereocenters. The first kappa shape index (κ1) is 17.6. The van der Waals surface area contributed by atoms with Gasteiger partial charge in [-0.1, -0.05) is 30.3 Å². The molecule has 0 radical (unpaired) electrons. The van der Waals surface area contributed by atoms with Crippen LogP contribution in [0, 0.1) is 18.3 Å². The zero-order valence-corrected chi connectivity index (χ0v) is 15.2. The quantitative estimate of drug-likeness (QED) is 0.693. The molecular weight excluding hydrogens is 322 g/mol. The summed E-state index contributed by atoms with van der Waals surface area (Å²) in [5.41, 5.74) is 3.96. The number of carbonyl (C=O) groups excluding carboxylic acids is 1. The molecule has 1 atom stereocenters. The highest BCUT2D eigenvalue weighted by molar-refractivity contribution is 6.06. The zero-order valence-electron chi connectivity index (χ0n) is 15.2. The van der Waals surface area contributed by atoms with E-state index in [1.165, 1.54) is 0 Å². The van der Waals surface area contributed by atoms with Crippen molar-refractivity contribution < 1.29 is 4.79 Å². The summed E-state index contributed by atoms with van der Waals surface area (Å²) in [4.78, 5) is 19.7. The van der Waals surface area contributed by atoms with Gasteiger partial charge in [0.2, 0.25) is 0 Å². The predicted octanol–water partition coefficient (Wildman–Crippen LogP) is 4.64. The van der Waals surface area contributed by atoms with Gasteiger partial charge in [-0.25, -0.2) is 0 Å². The molecule has 1 heterocycles. The van der Waals surface area contributed by atoms with Gasteiger partial charge in [0, 0.05) is 17.6 Å². The Morgan fingerprint density at radius 2 is 1.88 bits per heavy atom. The van der Waals surface area contributed by atoms with Gasteiger partial charge in [-0.15, -0.1) is 0 Å². The number of aryl methyl sites for hydroxylation is 1. The summed E-state index contributed by atoms with van der Waals surface area (Å²) in [5.74, 6) is -0.00828. The second kappa shape index (κ2) is 7.37. The third-order valence-corrected chi connectivity index (χ3v) is 4.67. The van der Waals surface area contributed by atoms with E-state index in [1.54, 1.807) is 12.1 Å². The largest absolute Gasteiger partial charge is 0.332 e. The Morgan fingerprint density at radius 1 is 1.19 bits per heavy atom. The van der Waals surface area contributed by atoms with Crippen molar-refractivity contribution in [2.45, 2.75) is 26.8 Å². The first-order chi connectivity index (χ1) is 12.5. The molecular formula is C22H21N3O. The van der Waals surface area contributed by atoms with E-state index in [9.17, 15) is 4.79 Å². The van der Waals surface area contributed by atoms with Crippen LogP contribution in [0.4, 0.5) is 0 Å². The van der Waals surface area contributed by atoms with Crippen LogP contribution < -0.4 is 0 Å². The first-order valence-corrected chi connectivity index (χ1v) is 8.72. The topological polar surface area (TPSA) is 57.0 Å². The minimum Gasteiger partial charge on any atom is -0.332 e. The minimum atomic E-state index is -0.0903. The number of para-hydroxylation sites is 1. The molecule has 0 aliphatic carbocycles. The average molecular weight is 343 g/mol. The van der Waals surface area contributed by atoms with Crippen molar-refractivity contribution in [2.75, 3.05) is 6.54 Å². The summed E-state index contributed by atoms with van der Waals surface area (Å²) in [6.45, 7) is 6.49. The van der Waals surface area contributed by atoms with Gasteiger partial charge >= 0.3 is 0 Å². The van der Waals surface area contributed by atoms with Crippen molar-refractivity contribution in [3.63, 3.8) is 0 Å². The lowest BCUT2D eigenvalue weighted by Crippen LogP contribution is -2.33. The number of amides is 1. The lowest BCUT2D eigenvalue weighted by Gasteiger charge is -2.29. The zero-order chi connectivity index (χ0) is 18.7. The number of hydrogen-bond acceptors (Lipinski definition) is 3. The second-order valence-corrected chi connectivity index (χ2v) is 6.33. The van der Waals surface area contributed by atoms with Gasteiger partial charge in [0.15, 0.2) is 0 Å². The van der Waals surface area contributed by atoms with Crippen molar-refractivity contribution in [3.8, 4) is 6.07 Å². The van der Waals surface area contributed by atoms with Crippen molar-refractivity contribution in [2.24, 2.45) is 0 Å². The molecule has 1 amide bonds. The van der Waals surface area contributed by atoms with Gasteiger partial charge in [-0.3, -0.25) is 9.78 Å². The maximum absolute atomic E-state index is 13.3. The van der Waals surface area contributed by atoms with E-state index in [-0.39, 0.29) is 11.9 Å². The summed E-state index contributed by atoms with van der Waals surface area (Å²) in [5, 5.41) is 9.83. The van der Waals surface area contributed by atoms with Crippen LogP contribution in [0.1, 0.15) is 47.1 Å². The molecule has 26 heavy (non-hydrogen) atoms. The first-order valence-electron chi connectivity index (χ1n) is 8.72. The number of pyridine rings is 1. The van der Waals surface area contributed by atoms with Gasteiger partial charge in [0.1, 0.15) is 0 Å². The molecule has 130 valence electrons. The van der Waals surface area contributed by atoms with Gasteiger partial charge in [0.25, 0.3) is 5.91 Å². The lowest BCUT2D eigenvalue weighted by atomic mass is 10.0. The van der Waals surface area contributed by atoms with E-state index in [4.69, 9.17) is 5.26 Å².